The number of carbonyl (C=O) groups excluding carboxylic acids is 1. The number of rotatable bonds is 6. The number of benzene rings is 1. The van der Waals surface area contributed by atoms with Gasteiger partial charge >= 0.3 is 0 Å². The van der Waals surface area contributed by atoms with E-state index in [1.54, 1.807) is 23.7 Å². The second-order valence-corrected chi connectivity index (χ2v) is 6.57. The minimum absolute atomic E-state index is 0.173. The molecular formula is C20H21N3OS. The Labute approximate surface area is 152 Å². The van der Waals surface area contributed by atoms with Crippen molar-refractivity contribution in [2.45, 2.75) is 20.3 Å². The highest BCUT2D eigenvalue weighted by Gasteiger charge is 2.11. The maximum Gasteiger partial charge on any atom is 0.226 e. The highest BCUT2D eigenvalue weighted by Crippen LogP contribution is 2.28. The highest BCUT2D eigenvalue weighted by atomic mass is 32.1. The first-order chi connectivity index (χ1) is 12.2. The Morgan fingerprint density at radius 3 is 2.32 bits per heavy atom. The number of aromatic nitrogens is 2. The molecule has 0 bridgehead atoms. The average Bonchev–Trinajstić information content (AvgIpc) is 3.14. The van der Waals surface area contributed by atoms with E-state index >= 15 is 0 Å². The summed E-state index contributed by atoms with van der Waals surface area (Å²) in [5.41, 5.74) is 4.13. The summed E-state index contributed by atoms with van der Waals surface area (Å²) in [5.74, 6) is 0.173. The number of hydrogen-bond acceptors (Lipinski definition) is 4. The van der Waals surface area contributed by atoms with Gasteiger partial charge in [-0.2, -0.15) is 0 Å². The molecule has 0 unspecified atom stereocenters. The van der Waals surface area contributed by atoms with Crippen LogP contribution >= 0.6 is 11.3 Å². The molecule has 5 heteroatoms. The Kier molecular flexibility index (Phi) is 5.56. The number of amides is 1. The van der Waals surface area contributed by atoms with Gasteiger partial charge in [-0.05, 0) is 31.5 Å². The molecule has 2 heterocycles. The van der Waals surface area contributed by atoms with Crippen molar-refractivity contribution in [1.82, 2.24) is 14.9 Å². The third kappa shape index (κ3) is 4.12. The van der Waals surface area contributed by atoms with E-state index in [1.165, 1.54) is 0 Å². The molecule has 0 saturated heterocycles. The first-order valence-corrected chi connectivity index (χ1v) is 9.32. The molecule has 128 valence electrons. The van der Waals surface area contributed by atoms with Crippen LogP contribution in [-0.4, -0.2) is 33.9 Å². The molecule has 0 atom stereocenters. The van der Waals surface area contributed by atoms with Crippen molar-refractivity contribution in [2.75, 3.05) is 13.1 Å². The van der Waals surface area contributed by atoms with E-state index in [0.29, 0.717) is 6.42 Å². The van der Waals surface area contributed by atoms with Crippen molar-refractivity contribution >= 4 is 17.2 Å². The monoisotopic (exact) mass is 351 g/mol. The van der Waals surface area contributed by atoms with Crippen LogP contribution in [0.1, 0.15) is 19.4 Å². The summed E-state index contributed by atoms with van der Waals surface area (Å²) in [5, 5.41) is 3.05. The van der Waals surface area contributed by atoms with Gasteiger partial charge in [0.25, 0.3) is 0 Å². The van der Waals surface area contributed by atoms with Crippen LogP contribution in [-0.2, 0) is 11.2 Å². The second kappa shape index (κ2) is 8.03. The molecular weight excluding hydrogens is 330 g/mol. The molecule has 0 N–H and O–H groups in total. The molecule has 4 nitrogen and oxygen atoms in total. The van der Waals surface area contributed by atoms with Crippen LogP contribution in [0.15, 0.2) is 54.2 Å². The summed E-state index contributed by atoms with van der Waals surface area (Å²) in [6.07, 6.45) is 4.00. The third-order valence-corrected chi connectivity index (χ3v) is 5.04. The van der Waals surface area contributed by atoms with E-state index in [2.05, 4.69) is 10.4 Å². The zero-order valence-electron chi connectivity index (χ0n) is 14.5. The number of likely N-dealkylation sites (N-methyl/N-ethyl adjacent to an activating group) is 1. The summed E-state index contributed by atoms with van der Waals surface area (Å²) < 4.78 is 0. The predicted molar refractivity (Wildman–Crippen MR) is 102 cm³/mol. The van der Waals surface area contributed by atoms with Gasteiger partial charge in [0.2, 0.25) is 5.91 Å². The van der Waals surface area contributed by atoms with Crippen LogP contribution < -0.4 is 0 Å². The fourth-order valence-corrected chi connectivity index (χ4v) is 3.52. The van der Waals surface area contributed by atoms with E-state index in [4.69, 9.17) is 4.98 Å². The number of pyridine rings is 1. The van der Waals surface area contributed by atoms with E-state index in [-0.39, 0.29) is 5.91 Å². The van der Waals surface area contributed by atoms with Crippen LogP contribution in [0.5, 0.6) is 0 Å². The van der Waals surface area contributed by atoms with Crippen molar-refractivity contribution in [2.24, 2.45) is 0 Å². The second-order valence-electron chi connectivity index (χ2n) is 5.71. The van der Waals surface area contributed by atoms with Gasteiger partial charge in [0.1, 0.15) is 5.01 Å². The first-order valence-electron chi connectivity index (χ1n) is 8.44. The average molecular weight is 351 g/mol. The summed E-state index contributed by atoms with van der Waals surface area (Å²) in [6.45, 7) is 5.52. The summed E-state index contributed by atoms with van der Waals surface area (Å²) in [4.78, 5) is 22.8. The minimum Gasteiger partial charge on any atom is -0.343 e. The van der Waals surface area contributed by atoms with E-state index < -0.39 is 0 Å². The van der Waals surface area contributed by atoms with Gasteiger partial charge in [-0.25, -0.2) is 4.98 Å². The van der Waals surface area contributed by atoms with Gasteiger partial charge in [0.05, 0.1) is 12.1 Å². The molecule has 0 fully saturated rings. The zero-order valence-corrected chi connectivity index (χ0v) is 15.3. The molecule has 0 spiro atoms. The molecule has 3 rings (SSSR count). The topological polar surface area (TPSA) is 46.1 Å². The largest absolute Gasteiger partial charge is 0.343 e. The maximum atomic E-state index is 12.2. The third-order valence-electron chi connectivity index (χ3n) is 4.15. The van der Waals surface area contributed by atoms with Gasteiger partial charge < -0.3 is 4.90 Å². The molecule has 0 aliphatic carbocycles. The highest BCUT2D eigenvalue weighted by molar-refractivity contribution is 7.13. The Morgan fingerprint density at radius 2 is 1.68 bits per heavy atom. The van der Waals surface area contributed by atoms with Crippen molar-refractivity contribution in [3.05, 3.63) is 59.7 Å². The van der Waals surface area contributed by atoms with Crippen molar-refractivity contribution in [3.8, 4) is 21.8 Å². The Morgan fingerprint density at radius 1 is 1.00 bits per heavy atom. The number of nitrogens with zero attached hydrogens (tertiary/aromatic N) is 3. The molecule has 0 radical (unpaired) electrons. The smallest absolute Gasteiger partial charge is 0.226 e. The standard InChI is InChI=1S/C20H21N3OS/c1-3-23(4-2)19(24)13-15-5-7-16(8-6-15)18-14-25-20(22-18)17-9-11-21-12-10-17/h5-12,14H,3-4,13H2,1-2H3. The Balaban J connectivity index is 1.73. The summed E-state index contributed by atoms with van der Waals surface area (Å²) in [7, 11) is 0. The Bertz CT molecular complexity index is 824. The molecule has 1 amide bonds. The Hall–Kier alpha value is -2.53. The molecule has 3 aromatic rings. The number of carbonyl (C=O) groups is 1. The molecule has 25 heavy (non-hydrogen) atoms. The van der Waals surface area contributed by atoms with Gasteiger partial charge in [-0.3, -0.25) is 9.78 Å². The molecule has 0 aliphatic rings. The van der Waals surface area contributed by atoms with Gasteiger partial charge in [-0.1, -0.05) is 24.3 Å². The fraction of sp³-hybridized carbons (Fsp3) is 0.250. The quantitative estimate of drug-likeness (QED) is 0.666. The lowest BCUT2D eigenvalue weighted by Crippen LogP contribution is -2.31. The van der Waals surface area contributed by atoms with Gasteiger partial charge in [0, 0.05) is 42.0 Å². The lowest BCUT2D eigenvalue weighted by molar-refractivity contribution is -0.130. The van der Waals surface area contributed by atoms with Crippen LogP contribution in [0.4, 0.5) is 0 Å². The normalized spacial score (nSPS) is 10.6. The van der Waals surface area contributed by atoms with Crippen molar-refractivity contribution in [1.29, 1.82) is 0 Å². The van der Waals surface area contributed by atoms with Crippen LogP contribution in [0, 0.1) is 0 Å². The molecule has 2 aromatic heterocycles. The van der Waals surface area contributed by atoms with Crippen LogP contribution in [0.2, 0.25) is 0 Å². The van der Waals surface area contributed by atoms with E-state index in [1.807, 2.05) is 55.1 Å². The minimum atomic E-state index is 0.173. The van der Waals surface area contributed by atoms with E-state index in [0.717, 1.165) is 40.5 Å². The van der Waals surface area contributed by atoms with Crippen molar-refractivity contribution in [3.63, 3.8) is 0 Å². The predicted octanol–water partition coefficient (Wildman–Crippen LogP) is 4.28. The van der Waals surface area contributed by atoms with Crippen LogP contribution in [0.3, 0.4) is 0 Å². The molecule has 0 saturated carbocycles. The SMILES string of the molecule is CCN(CC)C(=O)Cc1ccc(-c2csc(-c3ccncc3)n2)cc1. The van der Waals surface area contributed by atoms with E-state index in [9.17, 15) is 4.79 Å². The first kappa shape index (κ1) is 17.3. The summed E-state index contributed by atoms with van der Waals surface area (Å²) in [6, 6.07) is 12.0. The van der Waals surface area contributed by atoms with Crippen LogP contribution in [0.25, 0.3) is 21.8 Å². The lowest BCUT2D eigenvalue weighted by atomic mass is 10.1. The summed E-state index contributed by atoms with van der Waals surface area (Å²) >= 11 is 1.62. The van der Waals surface area contributed by atoms with Gasteiger partial charge in [0.15, 0.2) is 0 Å². The fourth-order valence-electron chi connectivity index (χ4n) is 2.69. The number of thiazole rings is 1. The lowest BCUT2D eigenvalue weighted by Gasteiger charge is -2.18. The maximum absolute atomic E-state index is 12.2. The molecule has 1 aromatic carbocycles. The van der Waals surface area contributed by atoms with Crippen molar-refractivity contribution < 1.29 is 4.79 Å². The zero-order chi connectivity index (χ0) is 17.6. The molecule has 0 aliphatic heterocycles. The number of hydrogen-bond donors (Lipinski definition) is 0. The van der Waals surface area contributed by atoms with Gasteiger partial charge in [-0.15, -0.1) is 11.3 Å².